The SMILES string of the molecule is Cc1cc(C(N)=S)nc(N2CCN(CC(F)(F)F)CC2)n1. The van der Waals surface area contributed by atoms with Gasteiger partial charge < -0.3 is 10.6 Å². The second-order valence-electron chi connectivity index (χ2n) is 4.94. The number of nitrogens with zero attached hydrogens (tertiary/aromatic N) is 4. The van der Waals surface area contributed by atoms with Crippen LogP contribution in [-0.4, -0.2) is 58.8 Å². The quantitative estimate of drug-likeness (QED) is 0.842. The van der Waals surface area contributed by atoms with E-state index in [9.17, 15) is 13.2 Å². The third kappa shape index (κ3) is 4.50. The Morgan fingerprint density at radius 1 is 1.29 bits per heavy atom. The van der Waals surface area contributed by atoms with Gasteiger partial charge in [-0.15, -0.1) is 0 Å². The van der Waals surface area contributed by atoms with Crippen LogP contribution in [-0.2, 0) is 0 Å². The number of thiocarbonyl (C=S) groups is 1. The number of hydrogen-bond acceptors (Lipinski definition) is 5. The Kier molecular flexibility index (Phi) is 4.62. The lowest BCUT2D eigenvalue weighted by molar-refractivity contribution is -0.146. The third-order valence-corrected chi connectivity index (χ3v) is 3.36. The standard InChI is InChI=1S/C12H16F3N5S/c1-8-6-9(10(16)21)18-11(17-8)20-4-2-19(3-5-20)7-12(13,14)15/h6H,2-5,7H2,1H3,(H2,16,21). The van der Waals surface area contributed by atoms with Crippen molar-refractivity contribution in [3.63, 3.8) is 0 Å². The van der Waals surface area contributed by atoms with E-state index in [-0.39, 0.29) is 4.99 Å². The Labute approximate surface area is 125 Å². The van der Waals surface area contributed by atoms with Crippen molar-refractivity contribution in [3.8, 4) is 0 Å². The zero-order valence-electron chi connectivity index (χ0n) is 11.5. The van der Waals surface area contributed by atoms with Gasteiger partial charge in [-0.3, -0.25) is 4.90 Å². The lowest BCUT2D eigenvalue weighted by Crippen LogP contribution is -2.49. The number of rotatable bonds is 3. The number of halogens is 3. The lowest BCUT2D eigenvalue weighted by atomic mass is 10.3. The normalized spacial score (nSPS) is 17.0. The molecule has 1 aliphatic rings. The first-order chi connectivity index (χ1) is 9.74. The molecule has 1 fully saturated rings. The van der Waals surface area contributed by atoms with E-state index in [4.69, 9.17) is 18.0 Å². The van der Waals surface area contributed by atoms with Crippen LogP contribution in [0.25, 0.3) is 0 Å². The van der Waals surface area contributed by atoms with Crippen LogP contribution in [0.2, 0.25) is 0 Å². The maximum Gasteiger partial charge on any atom is 0.401 e. The molecule has 0 amide bonds. The van der Waals surface area contributed by atoms with Gasteiger partial charge in [-0.1, -0.05) is 12.2 Å². The van der Waals surface area contributed by atoms with Gasteiger partial charge in [-0.05, 0) is 13.0 Å². The van der Waals surface area contributed by atoms with E-state index in [1.54, 1.807) is 13.0 Å². The molecule has 0 radical (unpaired) electrons. The molecule has 0 spiro atoms. The number of alkyl halides is 3. The Hall–Kier alpha value is -1.48. The van der Waals surface area contributed by atoms with Crippen LogP contribution < -0.4 is 10.6 Å². The topological polar surface area (TPSA) is 58.3 Å². The van der Waals surface area contributed by atoms with Crippen LogP contribution in [0.15, 0.2) is 6.07 Å². The number of nitrogens with two attached hydrogens (primary N) is 1. The molecular weight excluding hydrogens is 303 g/mol. The number of anilines is 1. The first-order valence-corrected chi connectivity index (χ1v) is 6.85. The van der Waals surface area contributed by atoms with Crippen molar-refractivity contribution in [2.24, 2.45) is 5.73 Å². The average Bonchev–Trinajstić information content (AvgIpc) is 2.37. The number of hydrogen-bond donors (Lipinski definition) is 1. The molecule has 1 saturated heterocycles. The summed E-state index contributed by atoms with van der Waals surface area (Å²) in [5.74, 6) is 0.462. The van der Waals surface area contributed by atoms with Crippen molar-refractivity contribution in [1.29, 1.82) is 0 Å². The van der Waals surface area contributed by atoms with Crippen LogP contribution in [0.4, 0.5) is 19.1 Å². The zero-order valence-corrected chi connectivity index (χ0v) is 12.3. The highest BCUT2D eigenvalue weighted by molar-refractivity contribution is 7.80. The summed E-state index contributed by atoms with van der Waals surface area (Å²) < 4.78 is 37.0. The third-order valence-electron chi connectivity index (χ3n) is 3.15. The average molecular weight is 319 g/mol. The van der Waals surface area contributed by atoms with E-state index in [0.29, 0.717) is 37.8 Å². The summed E-state index contributed by atoms with van der Waals surface area (Å²) in [6, 6.07) is 1.69. The molecule has 5 nitrogen and oxygen atoms in total. The van der Waals surface area contributed by atoms with Crippen molar-refractivity contribution >= 4 is 23.2 Å². The Morgan fingerprint density at radius 3 is 2.43 bits per heavy atom. The van der Waals surface area contributed by atoms with E-state index >= 15 is 0 Å². The summed E-state index contributed by atoms with van der Waals surface area (Å²) >= 11 is 4.90. The fourth-order valence-corrected chi connectivity index (χ4v) is 2.28. The van der Waals surface area contributed by atoms with Crippen LogP contribution >= 0.6 is 12.2 Å². The van der Waals surface area contributed by atoms with E-state index in [2.05, 4.69) is 9.97 Å². The summed E-state index contributed by atoms with van der Waals surface area (Å²) in [6.07, 6.45) is -4.17. The second-order valence-corrected chi connectivity index (χ2v) is 5.38. The first-order valence-electron chi connectivity index (χ1n) is 6.44. The predicted molar refractivity (Wildman–Crippen MR) is 77.4 cm³/mol. The van der Waals surface area contributed by atoms with Gasteiger partial charge in [-0.2, -0.15) is 13.2 Å². The van der Waals surface area contributed by atoms with Crippen LogP contribution in [0, 0.1) is 6.92 Å². The number of aryl methyl sites for hydroxylation is 1. The van der Waals surface area contributed by atoms with Crippen LogP contribution in [0.1, 0.15) is 11.4 Å². The first kappa shape index (κ1) is 15.9. The molecule has 0 atom stereocenters. The molecule has 1 aromatic rings. The van der Waals surface area contributed by atoms with Gasteiger partial charge >= 0.3 is 6.18 Å². The minimum Gasteiger partial charge on any atom is -0.388 e. The molecule has 2 N–H and O–H groups in total. The Balaban J connectivity index is 2.04. The highest BCUT2D eigenvalue weighted by Crippen LogP contribution is 2.19. The minimum absolute atomic E-state index is 0.178. The predicted octanol–water partition coefficient (Wildman–Crippen LogP) is 1.10. The summed E-state index contributed by atoms with van der Waals surface area (Å²) in [5.41, 5.74) is 6.76. The van der Waals surface area contributed by atoms with Crippen LogP contribution in [0.3, 0.4) is 0 Å². The van der Waals surface area contributed by atoms with Gasteiger partial charge in [0.05, 0.1) is 6.54 Å². The van der Waals surface area contributed by atoms with Crippen molar-refractivity contribution < 1.29 is 13.2 Å². The Bertz CT molecular complexity index is 526. The lowest BCUT2D eigenvalue weighted by Gasteiger charge is -2.35. The molecule has 0 aromatic carbocycles. The zero-order chi connectivity index (χ0) is 15.6. The highest BCUT2D eigenvalue weighted by Gasteiger charge is 2.32. The van der Waals surface area contributed by atoms with E-state index < -0.39 is 12.7 Å². The molecule has 9 heteroatoms. The highest BCUT2D eigenvalue weighted by atomic mass is 32.1. The van der Waals surface area contributed by atoms with Crippen molar-refractivity contribution in [3.05, 3.63) is 17.5 Å². The molecule has 0 bridgehead atoms. The number of aromatic nitrogens is 2. The van der Waals surface area contributed by atoms with Gasteiger partial charge in [-0.25, -0.2) is 9.97 Å². The van der Waals surface area contributed by atoms with Crippen molar-refractivity contribution in [1.82, 2.24) is 14.9 Å². The fraction of sp³-hybridized carbons (Fsp3) is 0.583. The fourth-order valence-electron chi connectivity index (χ4n) is 2.18. The summed E-state index contributed by atoms with van der Waals surface area (Å²) in [6.45, 7) is 2.44. The van der Waals surface area contributed by atoms with Gasteiger partial charge in [0, 0.05) is 31.9 Å². The number of piperazine rings is 1. The summed E-state index contributed by atoms with van der Waals surface area (Å²) in [5, 5.41) is 0. The van der Waals surface area contributed by atoms with Crippen molar-refractivity contribution in [2.75, 3.05) is 37.6 Å². The maximum absolute atomic E-state index is 12.3. The summed E-state index contributed by atoms with van der Waals surface area (Å²) in [7, 11) is 0. The molecule has 2 heterocycles. The minimum atomic E-state index is -4.17. The van der Waals surface area contributed by atoms with Gasteiger partial charge in [0.2, 0.25) is 5.95 Å². The van der Waals surface area contributed by atoms with E-state index in [1.807, 2.05) is 4.90 Å². The molecule has 1 aromatic heterocycles. The molecular formula is C12H16F3N5S. The molecule has 0 unspecified atom stereocenters. The maximum atomic E-state index is 12.3. The molecule has 2 rings (SSSR count). The smallest absolute Gasteiger partial charge is 0.388 e. The largest absolute Gasteiger partial charge is 0.401 e. The van der Waals surface area contributed by atoms with Gasteiger partial charge in [0.15, 0.2) is 0 Å². The summed E-state index contributed by atoms with van der Waals surface area (Å²) in [4.78, 5) is 12.0. The molecule has 0 aliphatic carbocycles. The molecule has 116 valence electrons. The van der Waals surface area contributed by atoms with Crippen molar-refractivity contribution in [2.45, 2.75) is 13.1 Å². The van der Waals surface area contributed by atoms with E-state index in [0.717, 1.165) is 5.69 Å². The Morgan fingerprint density at radius 2 is 1.90 bits per heavy atom. The van der Waals surface area contributed by atoms with Crippen LogP contribution in [0.5, 0.6) is 0 Å². The molecule has 0 saturated carbocycles. The van der Waals surface area contributed by atoms with Gasteiger partial charge in [0.1, 0.15) is 10.7 Å². The van der Waals surface area contributed by atoms with E-state index in [1.165, 1.54) is 4.90 Å². The monoisotopic (exact) mass is 319 g/mol. The second kappa shape index (κ2) is 6.10. The molecule has 21 heavy (non-hydrogen) atoms. The molecule has 1 aliphatic heterocycles. The van der Waals surface area contributed by atoms with Gasteiger partial charge in [0.25, 0.3) is 0 Å².